The molecular formula is C5H15N5O2S. The molecule has 0 aliphatic carbocycles. The first kappa shape index (κ1) is 12.1. The van der Waals surface area contributed by atoms with Crippen molar-refractivity contribution in [1.29, 1.82) is 0 Å². The smallest absolute Gasteiger partial charge is 0.209 e. The zero-order valence-electron chi connectivity index (χ0n) is 7.45. The molecule has 13 heavy (non-hydrogen) atoms. The van der Waals surface area contributed by atoms with E-state index in [0.29, 0.717) is 18.9 Å². The van der Waals surface area contributed by atoms with Crippen LogP contribution in [0.5, 0.6) is 0 Å². The maximum Gasteiger partial charge on any atom is 0.209 e. The largest absolute Gasteiger partial charge is 0.355 e. The number of nitrogens with two attached hydrogens (primary N) is 2. The third kappa shape index (κ3) is 7.50. The lowest BCUT2D eigenvalue weighted by Gasteiger charge is -2.06. The summed E-state index contributed by atoms with van der Waals surface area (Å²) in [5.74, 6) is 5.42. The molecular weight excluding hydrogens is 194 g/mol. The lowest BCUT2D eigenvalue weighted by atomic mass is 10.5. The van der Waals surface area contributed by atoms with E-state index in [-0.39, 0.29) is 5.75 Å². The average Bonchev–Trinajstić information content (AvgIpc) is 2.03. The number of hydrogen-bond donors (Lipinski definition) is 4. The minimum atomic E-state index is -3.37. The Labute approximate surface area is 77.6 Å². The number of nitrogens with zero attached hydrogens (tertiary/aromatic N) is 1. The Morgan fingerprint density at radius 3 is 2.54 bits per heavy atom. The van der Waals surface area contributed by atoms with Gasteiger partial charge in [-0.25, -0.2) is 19.4 Å². The second-order valence-electron chi connectivity index (χ2n) is 2.36. The van der Waals surface area contributed by atoms with E-state index < -0.39 is 10.0 Å². The molecule has 0 aromatic heterocycles. The summed E-state index contributed by atoms with van der Waals surface area (Å²) in [5, 5.41) is 7.58. The third-order valence-corrected chi connectivity index (χ3v) is 2.12. The Bertz CT molecular complexity index is 260. The summed E-state index contributed by atoms with van der Waals surface area (Å²) < 4.78 is 21.0. The molecule has 0 heterocycles. The van der Waals surface area contributed by atoms with E-state index >= 15 is 0 Å². The molecule has 0 aromatic rings. The Morgan fingerprint density at radius 1 is 1.54 bits per heavy atom. The molecule has 0 bridgehead atoms. The van der Waals surface area contributed by atoms with E-state index in [1.165, 1.54) is 0 Å². The van der Waals surface area contributed by atoms with Crippen molar-refractivity contribution in [3.8, 4) is 0 Å². The standard InChI is InChI=1S/C5H15N5O2S/c1-8-5(10-6)9-3-2-4-13(7,11)12/h2-4,6H2,1H3,(H2,7,11,12)(H2,8,9,10). The van der Waals surface area contributed by atoms with Gasteiger partial charge in [-0.2, -0.15) is 0 Å². The highest BCUT2D eigenvalue weighted by molar-refractivity contribution is 7.89. The molecule has 0 saturated carbocycles. The second kappa shape index (κ2) is 5.73. The first-order chi connectivity index (χ1) is 5.99. The van der Waals surface area contributed by atoms with E-state index in [1.807, 2.05) is 0 Å². The minimum absolute atomic E-state index is 0.0540. The Morgan fingerprint density at radius 2 is 2.15 bits per heavy atom. The van der Waals surface area contributed by atoms with Gasteiger partial charge >= 0.3 is 0 Å². The number of hydrazine groups is 1. The van der Waals surface area contributed by atoms with Crippen molar-refractivity contribution in [1.82, 2.24) is 10.7 Å². The van der Waals surface area contributed by atoms with Gasteiger partial charge in [0.25, 0.3) is 0 Å². The van der Waals surface area contributed by atoms with Gasteiger partial charge in [-0.3, -0.25) is 10.4 Å². The van der Waals surface area contributed by atoms with Crippen LogP contribution >= 0.6 is 0 Å². The number of nitrogens with one attached hydrogen (secondary N) is 2. The van der Waals surface area contributed by atoms with Crippen molar-refractivity contribution in [2.75, 3.05) is 19.3 Å². The van der Waals surface area contributed by atoms with Gasteiger partial charge in [0.2, 0.25) is 16.0 Å². The van der Waals surface area contributed by atoms with Gasteiger partial charge in [-0.05, 0) is 6.42 Å². The van der Waals surface area contributed by atoms with Crippen LogP contribution in [0.25, 0.3) is 0 Å². The summed E-state index contributed by atoms with van der Waals surface area (Å²) in [5.41, 5.74) is 2.31. The van der Waals surface area contributed by atoms with Crippen LogP contribution in [0.15, 0.2) is 4.99 Å². The molecule has 8 heteroatoms. The molecule has 0 unspecified atom stereocenters. The maximum absolute atomic E-state index is 10.5. The van der Waals surface area contributed by atoms with Gasteiger partial charge in [-0.15, -0.1) is 0 Å². The van der Waals surface area contributed by atoms with Crippen LogP contribution in [-0.4, -0.2) is 33.7 Å². The predicted octanol–water partition coefficient (Wildman–Crippen LogP) is -2.30. The molecule has 0 aliphatic heterocycles. The van der Waals surface area contributed by atoms with Crippen LogP contribution in [-0.2, 0) is 10.0 Å². The van der Waals surface area contributed by atoms with Crippen LogP contribution in [0, 0.1) is 0 Å². The van der Waals surface area contributed by atoms with E-state index in [2.05, 4.69) is 15.7 Å². The monoisotopic (exact) mass is 209 g/mol. The summed E-state index contributed by atoms with van der Waals surface area (Å²) in [6, 6.07) is 0. The Balaban J connectivity index is 3.58. The lowest BCUT2D eigenvalue weighted by molar-refractivity contribution is 0.594. The molecule has 7 nitrogen and oxygen atoms in total. The van der Waals surface area contributed by atoms with Crippen LogP contribution < -0.4 is 21.7 Å². The van der Waals surface area contributed by atoms with Gasteiger partial charge in [0.15, 0.2) is 0 Å². The van der Waals surface area contributed by atoms with Crippen molar-refractivity contribution < 1.29 is 8.42 Å². The topological polar surface area (TPSA) is 123 Å². The fourth-order valence-corrected chi connectivity index (χ4v) is 1.22. The molecule has 6 N–H and O–H groups in total. The van der Waals surface area contributed by atoms with Crippen LogP contribution in [0.3, 0.4) is 0 Å². The first-order valence-corrected chi connectivity index (χ1v) is 5.39. The highest BCUT2D eigenvalue weighted by Gasteiger charge is 2.01. The maximum atomic E-state index is 10.5. The minimum Gasteiger partial charge on any atom is -0.355 e. The van der Waals surface area contributed by atoms with Crippen LogP contribution in [0.1, 0.15) is 6.42 Å². The normalized spacial score (nSPS) is 12.7. The average molecular weight is 209 g/mol. The van der Waals surface area contributed by atoms with Gasteiger partial charge < -0.3 is 5.32 Å². The molecule has 0 rings (SSSR count). The molecule has 0 fully saturated rings. The van der Waals surface area contributed by atoms with Crippen molar-refractivity contribution >= 4 is 16.0 Å². The summed E-state index contributed by atoms with van der Waals surface area (Å²) in [7, 11) is -1.81. The highest BCUT2D eigenvalue weighted by Crippen LogP contribution is 1.82. The summed E-state index contributed by atoms with van der Waals surface area (Å²) >= 11 is 0. The summed E-state index contributed by atoms with van der Waals surface area (Å²) in [4.78, 5) is 3.73. The van der Waals surface area contributed by atoms with E-state index in [9.17, 15) is 8.42 Å². The van der Waals surface area contributed by atoms with Crippen molar-refractivity contribution in [3.05, 3.63) is 0 Å². The molecule has 0 saturated heterocycles. The molecule has 0 spiro atoms. The van der Waals surface area contributed by atoms with E-state index in [0.717, 1.165) is 0 Å². The number of hydrogen-bond acceptors (Lipinski definition) is 4. The molecule has 0 aliphatic rings. The molecule has 78 valence electrons. The SMILES string of the molecule is CN=C(NN)NCCCS(N)(=O)=O. The summed E-state index contributed by atoms with van der Waals surface area (Å²) in [6.07, 6.45) is 0.416. The Kier molecular flexibility index (Phi) is 5.35. The number of primary sulfonamides is 1. The fraction of sp³-hybridized carbons (Fsp3) is 0.800. The number of aliphatic imine (C=N–C) groups is 1. The van der Waals surface area contributed by atoms with Gasteiger partial charge in [0.1, 0.15) is 0 Å². The van der Waals surface area contributed by atoms with Crippen molar-refractivity contribution in [2.24, 2.45) is 16.0 Å². The molecule has 0 amide bonds. The predicted molar refractivity (Wildman–Crippen MR) is 51.3 cm³/mol. The highest BCUT2D eigenvalue weighted by atomic mass is 32.2. The third-order valence-electron chi connectivity index (χ3n) is 1.26. The number of sulfonamides is 1. The number of guanidine groups is 1. The first-order valence-electron chi connectivity index (χ1n) is 3.67. The number of rotatable bonds is 4. The van der Waals surface area contributed by atoms with Crippen LogP contribution in [0.4, 0.5) is 0 Å². The molecule has 0 aromatic carbocycles. The molecule has 0 atom stereocenters. The van der Waals surface area contributed by atoms with Gasteiger partial charge in [-0.1, -0.05) is 0 Å². The molecule has 0 radical (unpaired) electrons. The van der Waals surface area contributed by atoms with E-state index in [4.69, 9.17) is 11.0 Å². The Hall–Kier alpha value is -0.860. The zero-order valence-corrected chi connectivity index (χ0v) is 8.26. The fourth-order valence-electron chi connectivity index (χ4n) is 0.675. The summed E-state index contributed by atoms with van der Waals surface area (Å²) in [6.45, 7) is 0.452. The van der Waals surface area contributed by atoms with Gasteiger partial charge in [0, 0.05) is 13.6 Å². The zero-order chi connectivity index (χ0) is 10.3. The quantitative estimate of drug-likeness (QED) is 0.136. The van der Waals surface area contributed by atoms with Crippen LogP contribution in [0.2, 0.25) is 0 Å². The van der Waals surface area contributed by atoms with E-state index in [1.54, 1.807) is 7.05 Å². The van der Waals surface area contributed by atoms with Gasteiger partial charge in [0.05, 0.1) is 5.75 Å². The second-order valence-corrected chi connectivity index (χ2v) is 4.10. The van der Waals surface area contributed by atoms with Crippen molar-refractivity contribution in [2.45, 2.75) is 6.42 Å². The lowest BCUT2D eigenvalue weighted by Crippen LogP contribution is -2.42. The van der Waals surface area contributed by atoms with Crippen molar-refractivity contribution in [3.63, 3.8) is 0 Å².